The topological polar surface area (TPSA) is 38.8 Å². The predicted molar refractivity (Wildman–Crippen MR) is 44.8 cm³/mol. The van der Waals surface area contributed by atoms with Crippen molar-refractivity contribution in [1.29, 1.82) is 0 Å². The maximum atomic E-state index is 11.1. The molecule has 1 aliphatic rings. The number of esters is 1. The third-order valence-electron chi connectivity index (χ3n) is 2.11. The first kappa shape index (κ1) is 9.52. The van der Waals surface area contributed by atoms with Crippen LogP contribution < -0.4 is 0 Å². The average molecular weight is 172 g/mol. The number of ether oxygens (including phenoxy) is 2. The van der Waals surface area contributed by atoms with Crippen molar-refractivity contribution < 1.29 is 14.3 Å². The highest BCUT2D eigenvalue weighted by Crippen LogP contribution is 2.24. The molecule has 0 spiro atoms. The Hall–Kier alpha value is -0.570. The summed E-state index contributed by atoms with van der Waals surface area (Å²) < 4.78 is 10.2. The lowest BCUT2D eigenvalue weighted by molar-refractivity contribution is -0.148. The van der Waals surface area contributed by atoms with E-state index >= 15 is 0 Å². The van der Waals surface area contributed by atoms with Crippen molar-refractivity contribution in [1.82, 2.24) is 0 Å². The molecule has 0 radical (unpaired) electrons. The van der Waals surface area contributed by atoms with Gasteiger partial charge in [0.15, 0.2) is 0 Å². The summed E-state index contributed by atoms with van der Waals surface area (Å²) in [5.74, 6) is -0.140. The largest absolute Gasteiger partial charge is 0.463 e. The quantitative estimate of drug-likeness (QED) is 0.476. The van der Waals surface area contributed by atoms with Crippen molar-refractivity contribution in [2.45, 2.75) is 51.9 Å². The number of rotatable bonds is 4. The van der Waals surface area contributed by atoms with E-state index in [1.165, 1.54) is 0 Å². The number of epoxide rings is 1. The highest BCUT2D eigenvalue weighted by Gasteiger charge is 2.36. The van der Waals surface area contributed by atoms with Gasteiger partial charge in [-0.15, -0.1) is 0 Å². The van der Waals surface area contributed by atoms with Crippen molar-refractivity contribution in [2.24, 2.45) is 0 Å². The van der Waals surface area contributed by atoms with Gasteiger partial charge in [-0.3, -0.25) is 4.79 Å². The van der Waals surface area contributed by atoms with Crippen molar-refractivity contribution in [3.63, 3.8) is 0 Å². The molecular formula is C9H16O3. The summed E-state index contributed by atoms with van der Waals surface area (Å²) in [5.41, 5.74) is 0. The molecule has 0 aromatic rings. The van der Waals surface area contributed by atoms with E-state index in [0.29, 0.717) is 6.42 Å². The summed E-state index contributed by atoms with van der Waals surface area (Å²) in [6.07, 6.45) is 1.67. The zero-order valence-electron chi connectivity index (χ0n) is 7.87. The first-order valence-corrected chi connectivity index (χ1v) is 4.48. The Morgan fingerprint density at radius 3 is 2.67 bits per heavy atom. The van der Waals surface area contributed by atoms with E-state index in [1.54, 1.807) is 0 Å². The lowest BCUT2D eigenvalue weighted by atomic mass is 10.2. The number of hydrogen-bond donors (Lipinski definition) is 0. The molecule has 70 valence electrons. The number of hydrogen-bond acceptors (Lipinski definition) is 3. The molecule has 3 atom stereocenters. The fraction of sp³-hybridized carbons (Fsp3) is 0.889. The van der Waals surface area contributed by atoms with Gasteiger partial charge in [0.2, 0.25) is 0 Å². The minimum Gasteiger partial charge on any atom is -0.463 e. The summed E-state index contributed by atoms with van der Waals surface area (Å²) in [6, 6.07) is 0. The van der Waals surface area contributed by atoms with E-state index in [0.717, 1.165) is 6.42 Å². The van der Waals surface area contributed by atoms with E-state index in [2.05, 4.69) is 0 Å². The molecule has 1 fully saturated rings. The number of carbonyl (C=O) groups excluding carboxylic acids is 1. The van der Waals surface area contributed by atoms with Crippen LogP contribution in [0.5, 0.6) is 0 Å². The van der Waals surface area contributed by atoms with Crippen LogP contribution in [-0.2, 0) is 14.3 Å². The highest BCUT2D eigenvalue weighted by molar-refractivity contribution is 5.70. The first-order chi connectivity index (χ1) is 5.63. The van der Waals surface area contributed by atoms with Crippen LogP contribution in [0.25, 0.3) is 0 Å². The lowest BCUT2D eigenvalue weighted by Gasteiger charge is -2.09. The molecule has 0 aromatic heterocycles. The highest BCUT2D eigenvalue weighted by atomic mass is 16.6. The van der Waals surface area contributed by atoms with Gasteiger partial charge in [-0.2, -0.15) is 0 Å². The minimum atomic E-state index is -0.140. The van der Waals surface area contributed by atoms with Crippen LogP contribution in [0.15, 0.2) is 0 Å². The Morgan fingerprint density at radius 2 is 2.25 bits per heavy atom. The Labute approximate surface area is 73.0 Å². The van der Waals surface area contributed by atoms with Crippen molar-refractivity contribution >= 4 is 5.97 Å². The predicted octanol–water partition coefficient (Wildman–Crippen LogP) is 1.51. The normalized spacial score (nSPS) is 29.6. The average Bonchev–Trinajstić information content (AvgIpc) is 2.66. The van der Waals surface area contributed by atoms with Crippen LogP contribution in [0.2, 0.25) is 0 Å². The molecule has 1 aliphatic heterocycles. The first-order valence-electron chi connectivity index (χ1n) is 4.48. The third-order valence-corrected chi connectivity index (χ3v) is 2.11. The SMILES string of the molecule is CCC(C)OC(=O)CC1OC1C. The molecule has 1 saturated heterocycles. The van der Waals surface area contributed by atoms with Crippen LogP contribution in [-0.4, -0.2) is 24.3 Å². The zero-order valence-corrected chi connectivity index (χ0v) is 7.87. The van der Waals surface area contributed by atoms with Gasteiger partial charge in [-0.1, -0.05) is 6.92 Å². The van der Waals surface area contributed by atoms with E-state index in [1.807, 2.05) is 20.8 Å². The van der Waals surface area contributed by atoms with E-state index in [9.17, 15) is 4.79 Å². The maximum absolute atomic E-state index is 11.1. The van der Waals surface area contributed by atoms with Crippen molar-refractivity contribution in [3.8, 4) is 0 Å². The fourth-order valence-corrected chi connectivity index (χ4v) is 0.965. The van der Waals surface area contributed by atoms with Crippen LogP contribution in [0.4, 0.5) is 0 Å². The lowest BCUT2D eigenvalue weighted by Crippen LogP contribution is -2.15. The zero-order chi connectivity index (χ0) is 9.14. The molecule has 0 aliphatic carbocycles. The van der Waals surface area contributed by atoms with Gasteiger partial charge in [-0.25, -0.2) is 0 Å². The van der Waals surface area contributed by atoms with Crippen molar-refractivity contribution in [2.75, 3.05) is 0 Å². The van der Waals surface area contributed by atoms with Gasteiger partial charge in [-0.05, 0) is 20.3 Å². The summed E-state index contributed by atoms with van der Waals surface area (Å²) in [5, 5.41) is 0. The molecule has 3 nitrogen and oxygen atoms in total. The summed E-state index contributed by atoms with van der Waals surface area (Å²) in [6.45, 7) is 5.85. The van der Waals surface area contributed by atoms with Gasteiger partial charge in [0.1, 0.15) is 0 Å². The summed E-state index contributed by atoms with van der Waals surface area (Å²) >= 11 is 0. The Bertz CT molecular complexity index is 159. The van der Waals surface area contributed by atoms with Crippen LogP contribution in [0, 0.1) is 0 Å². The smallest absolute Gasteiger partial charge is 0.308 e. The molecule has 12 heavy (non-hydrogen) atoms. The third kappa shape index (κ3) is 2.81. The molecule has 0 amide bonds. The molecule has 1 heterocycles. The molecule has 3 heteroatoms. The molecule has 0 N–H and O–H groups in total. The van der Waals surface area contributed by atoms with Gasteiger partial charge in [0.05, 0.1) is 24.7 Å². The van der Waals surface area contributed by atoms with Crippen LogP contribution >= 0.6 is 0 Å². The second-order valence-corrected chi connectivity index (χ2v) is 3.29. The Morgan fingerprint density at radius 1 is 1.67 bits per heavy atom. The Kier molecular flexibility index (Phi) is 3.09. The van der Waals surface area contributed by atoms with E-state index in [4.69, 9.17) is 9.47 Å². The van der Waals surface area contributed by atoms with Gasteiger partial charge in [0, 0.05) is 0 Å². The monoisotopic (exact) mass is 172 g/mol. The molecule has 3 unspecified atom stereocenters. The van der Waals surface area contributed by atoms with Crippen LogP contribution in [0.1, 0.15) is 33.6 Å². The fourth-order valence-electron chi connectivity index (χ4n) is 0.965. The molecular weight excluding hydrogens is 156 g/mol. The maximum Gasteiger partial charge on any atom is 0.308 e. The van der Waals surface area contributed by atoms with Gasteiger partial charge in [0.25, 0.3) is 0 Å². The van der Waals surface area contributed by atoms with Crippen LogP contribution in [0.3, 0.4) is 0 Å². The van der Waals surface area contributed by atoms with Crippen molar-refractivity contribution in [3.05, 3.63) is 0 Å². The van der Waals surface area contributed by atoms with E-state index < -0.39 is 0 Å². The molecule has 0 aromatic carbocycles. The van der Waals surface area contributed by atoms with Gasteiger partial charge >= 0.3 is 5.97 Å². The second kappa shape index (κ2) is 3.90. The standard InChI is InChI=1S/C9H16O3/c1-4-6(2)11-9(10)5-8-7(3)12-8/h6-8H,4-5H2,1-3H3. The summed E-state index contributed by atoms with van der Waals surface area (Å²) in [7, 11) is 0. The molecule has 0 saturated carbocycles. The minimum absolute atomic E-state index is 0.0338. The number of carbonyl (C=O) groups is 1. The Balaban J connectivity index is 2.12. The molecule has 0 bridgehead atoms. The molecule has 1 rings (SSSR count). The van der Waals surface area contributed by atoms with E-state index in [-0.39, 0.29) is 24.3 Å². The van der Waals surface area contributed by atoms with Gasteiger partial charge < -0.3 is 9.47 Å². The second-order valence-electron chi connectivity index (χ2n) is 3.29. The summed E-state index contributed by atoms with van der Waals surface area (Å²) in [4.78, 5) is 11.1.